The third-order valence-corrected chi connectivity index (χ3v) is 6.02. The van der Waals surface area contributed by atoms with E-state index in [2.05, 4.69) is 15.6 Å². The summed E-state index contributed by atoms with van der Waals surface area (Å²) in [5.74, 6) is 3.29. The summed E-state index contributed by atoms with van der Waals surface area (Å²) in [6, 6.07) is 3.86. The van der Waals surface area contributed by atoms with Crippen molar-refractivity contribution in [1.82, 2.24) is 15.5 Å². The Hall–Kier alpha value is -2.64. The summed E-state index contributed by atoms with van der Waals surface area (Å²) in [6.45, 7) is 2.02. The molecule has 1 saturated heterocycles. The monoisotopic (exact) mass is 418 g/mol. The number of nitrogens with zero attached hydrogens (tertiary/aromatic N) is 2. The zero-order valence-corrected chi connectivity index (χ0v) is 18.5. The van der Waals surface area contributed by atoms with Crippen molar-refractivity contribution >= 4 is 11.9 Å². The van der Waals surface area contributed by atoms with Gasteiger partial charge in [-0.2, -0.15) is 0 Å². The van der Waals surface area contributed by atoms with Gasteiger partial charge in [-0.05, 0) is 19.3 Å². The summed E-state index contributed by atoms with van der Waals surface area (Å²) in [4.78, 5) is 19.0. The first-order valence-electron chi connectivity index (χ1n) is 10.6. The molecule has 0 spiro atoms. The van der Waals surface area contributed by atoms with Crippen LogP contribution in [0.2, 0.25) is 0 Å². The van der Waals surface area contributed by atoms with Crippen molar-refractivity contribution < 1.29 is 19.0 Å². The number of rotatable bonds is 7. The number of likely N-dealkylation sites (tertiary alicyclic amines) is 1. The molecule has 1 aromatic rings. The molecule has 1 atom stereocenters. The van der Waals surface area contributed by atoms with Crippen LogP contribution < -0.4 is 24.8 Å². The fraction of sp³-hybridized carbons (Fsp3) is 0.636. The molecule has 1 amide bonds. The molecule has 0 aromatic heterocycles. The van der Waals surface area contributed by atoms with E-state index in [0.29, 0.717) is 35.7 Å². The molecule has 0 bridgehead atoms. The van der Waals surface area contributed by atoms with Crippen LogP contribution in [0.1, 0.15) is 37.7 Å². The lowest BCUT2D eigenvalue weighted by Gasteiger charge is -2.22. The van der Waals surface area contributed by atoms with E-state index < -0.39 is 0 Å². The van der Waals surface area contributed by atoms with Crippen LogP contribution in [0.5, 0.6) is 17.2 Å². The molecular weight excluding hydrogens is 384 g/mol. The van der Waals surface area contributed by atoms with Crippen LogP contribution in [0.3, 0.4) is 0 Å². The highest BCUT2D eigenvalue weighted by molar-refractivity contribution is 5.81. The number of aliphatic imine (C=N–C) groups is 1. The Labute approximate surface area is 179 Å². The predicted octanol–water partition coefficient (Wildman–Crippen LogP) is 2.17. The highest BCUT2D eigenvalue weighted by atomic mass is 16.5. The van der Waals surface area contributed by atoms with Crippen molar-refractivity contribution in [2.75, 3.05) is 41.5 Å². The second-order valence-corrected chi connectivity index (χ2v) is 7.83. The molecule has 0 radical (unpaired) electrons. The lowest BCUT2D eigenvalue weighted by molar-refractivity contribution is -0.134. The minimum Gasteiger partial charge on any atom is -0.496 e. The molecule has 2 N–H and O–H groups in total. The first kappa shape index (κ1) is 22.1. The Morgan fingerprint density at radius 2 is 1.77 bits per heavy atom. The van der Waals surface area contributed by atoms with Gasteiger partial charge >= 0.3 is 0 Å². The number of ether oxygens (including phenoxy) is 3. The van der Waals surface area contributed by atoms with Crippen molar-refractivity contribution in [2.45, 2.75) is 44.7 Å². The summed E-state index contributed by atoms with van der Waals surface area (Å²) in [5.41, 5.74) is 0.883. The van der Waals surface area contributed by atoms with Crippen LogP contribution in [0.25, 0.3) is 0 Å². The number of carbonyl (C=O) groups is 1. The fourth-order valence-electron chi connectivity index (χ4n) is 4.32. The zero-order valence-electron chi connectivity index (χ0n) is 18.5. The maximum absolute atomic E-state index is 12.7. The molecule has 1 heterocycles. The molecule has 30 heavy (non-hydrogen) atoms. The zero-order chi connectivity index (χ0) is 21.5. The number of amides is 1. The first-order valence-corrected chi connectivity index (χ1v) is 10.6. The second kappa shape index (κ2) is 10.4. The van der Waals surface area contributed by atoms with Crippen molar-refractivity contribution in [3.8, 4) is 17.2 Å². The Kier molecular flexibility index (Phi) is 7.65. The van der Waals surface area contributed by atoms with Crippen molar-refractivity contribution in [3.63, 3.8) is 0 Å². The molecule has 8 nitrogen and oxygen atoms in total. The molecule has 1 unspecified atom stereocenters. The number of hydrogen-bond donors (Lipinski definition) is 2. The van der Waals surface area contributed by atoms with Crippen LogP contribution >= 0.6 is 0 Å². The van der Waals surface area contributed by atoms with Gasteiger partial charge in [0, 0.05) is 44.2 Å². The fourth-order valence-corrected chi connectivity index (χ4v) is 4.32. The normalized spacial score (nSPS) is 19.7. The van der Waals surface area contributed by atoms with E-state index in [1.54, 1.807) is 28.4 Å². The SMILES string of the molecule is CN=C(NCc1c(OC)cc(OC)cc1OC)NC1CCN(C(=O)C2CCCC2)C1. The Balaban J connectivity index is 1.57. The Bertz CT molecular complexity index is 736. The van der Waals surface area contributed by atoms with Gasteiger partial charge in [-0.15, -0.1) is 0 Å². The minimum absolute atomic E-state index is 0.196. The summed E-state index contributed by atoms with van der Waals surface area (Å²) >= 11 is 0. The summed E-state index contributed by atoms with van der Waals surface area (Å²) < 4.78 is 16.3. The molecule has 166 valence electrons. The molecular formula is C22H34N4O4. The van der Waals surface area contributed by atoms with E-state index >= 15 is 0 Å². The van der Waals surface area contributed by atoms with Gasteiger partial charge in [-0.3, -0.25) is 9.79 Å². The third kappa shape index (κ3) is 5.09. The van der Waals surface area contributed by atoms with Crippen LogP contribution in [0, 0.1) is 5.92 Å². The predicted molar refractivity (Wildman–Crippen MR) is 116 cm³/mol. The average Bonchev–Trinajstić information content (AvgIpc) is 3.48. The van der Waals surface area contributed by atoms with E-state index in [0.717, 1.165) is 37.9 Å². The number of nitrogens with one attached hydrogen (secondary N) is 2. The Morgan fingerprint density at radius 1 is 1.10 bits per heavy atom. The van der Waals surface area contributed by atoms with Gasteiger partial charge in [0.15, 0.2) is 5.96 Å². The van der Waals surface area contributed by atoms with Crippen LogP contribution in [-0.2, 0) is 11.3 Å². The first-order chi connectivity index (χ1) is 14.6. The van der Waals surface area contributed by atoms with Gasteiger partial charge < -0.3 is 29.7 Å². The van der Waals surface area contributed by atoms with Crippen molar-refractivity contribution in [2.24, 2.45) is 10.9 Å². The second-order valence-electron chi connectivity index (χ2n) is 7.83. The molecule has 2 aliphatic rings. The largest absolute Gasteiger partial charge is 0.496 e. The van der Waals surface area contributed by atoms with E-state index in [1.807, 2.05) is 17.0 Å². The highest BCUT2D eigenvalue weighted by Gasteiger charge is 2.32. The molecule has 8 heteroatoms. The van der Waals surface area contributed by atoms with E-state index in [1.165, 1.54) is 12.8 Å². The van der Waals surface area contributed by atoms with Crippen molar-refractivity contribution in [3.05, 3.63) is 17.7 Å². The van der Waals surface area contributed by atoms with Gasteiger partial charge in [-0.25, -0.2) is 0 Å². The van der Waals surface area contributed by atoms with Crippen molar-refractivity contribution in [1.29, 1.82) is 0 Å². The molecule has 1 saturated carbocycles. The van der Waals surface area contributed by atoms with Gasteiger partial charge in [0.25, 0.3) is 0 Å². The number of hydrogen-bond acceptors (Lipinski definition) is 5. The molecule has 1 aliphatic carbocycles. The van der Waals surface area contributed by atoms with E-state index in [9.17, 15) is 4.79 Å². The maximum Gasteiger partial charge on any atom is 0.225 e. The molecule has 1 aromatic carbocycles. The smallest absolute Gasteiger partial charge is 0.225 e. The molecule has 3 rings (SSSR count). The highest BCUT2D eigenvalue weighted by Crippen LogP contribution is 2.34. The van der Waals surface area contributed by atoms with E-state index in [-0.39, 0.29) is 12.0 Å². The van der Waals surface area contributed by atoms with Gasteiger partial charge in [0.1, 0.15) is 17.2 Å². The summed E-state index contributed by atoms with van der Waals surface area (Å²) in [5, 5.41) is 6.78. The van der Waals surface area contributed by atoms with Gasteiger partial charge in [0.05, 0.1) is 33.4 Å². The maximum atomic E-state index is 12.7. The summed E-state index contributed by atoms with van der Waals surface area (Å²) in [7, 11) is 6.60. The Morgan fingerprint density at radius 3 is 2.33 bits per heavy atom. The third-order valence-electron chi connectivity index (χ3n) is 6.02. The quantitative estimate of drug-likeness (QED) is 0.522. The minimum atomic E-state index is 0.196. The van der Waals surface area contributed by atoms with Gasteiger partial charge in [0.2, 0.25) is 5.91 Å². The number of carbonyl (C=O) groups excluding carboxylic acids is 1. The topological polar surface area (TPSA) is 84.4 Å². The number of methoxy groups -OCH3 is 3. The number of guanidine groups is 1. The van der Waals surface area contributed by atoms with Gasteiger partial charge in [-0.1, -0.05) is 12.8 Å². The van der Waals surface area contributed by atoms with E-state index in [4.69, 9.17) is 14.2 Å². The van der Waals surface area contributed by atoms with Crippen LogP contribution in [0.15, 0.2) is 17.1 Å². The summed E-state index contributed by atoms with van der Waals surface area (Å²) in [6.07, 6.45) is 5.38. The average molecular weight is 419 g/mol. The molecule has 1 aliphatic heterocycles. The lowest BCUT2D eigenvalue weighted by Crippen LogP contribution is -2.45. The van der Waals surface area contributed by atoms with Crippen LogP contribution in [-0.4, -0.2) is 64.3 Å². The molecule has 2 fully saturated rings. The lowest BCUT2D eigenvalue weighted by atomic mass is 10.1. The van der Waals surface area contributed by atoms with Crippen LogP contribution in [0.4, 0.5) is 0 Å². The standard InChI is InChI=1S/C22H34N4O4/c1-23-22(24-13-18-19(29-3)11-17(28-2)12-20(18)30-4)25-16-9-10-26(14-16)21(27)15-7-5-6-8-15/h11-12,15-16H,5-10,13-14H2,1-4H3,(H2,23,24,25). The number of benzene rings is 1.